The molecule has 0 radical (unpaired) electrons. The normalized spacial score (nSPS) is 12.4. The summed E-state index contributed by atoms with van der Waals surface area (Å²) in [6.07, 6.45) is 2.76. The van der Waals surface area contributed by atoms with Crippen LogP contribution in [0.25, 0.3) is 0 Å². The Kier molecular flexibility index (Phi) is 3.20. The number of hydrogen-bond acceptors (Lipinski definition) is 1. The first-order valence-electron chi connectivity index (χ1n) is 2.62. The van der Waals surface area contributed by atoms with Gasteiger partial charge in [-0.3, -0.25) is 0 Å². The molecule has 0 rings (SSSR count). The van der Waals surface area contributed by atoms with E-state index >= 15 is 0 Å². The molecule has 0 aliphatic rings. The number of allylic oxidation sites excluding steroid dienone is 1. The van der Waals surface area contributed by atoms with Gasteiger partial charge >= 0.3 is 0 Å². The van der Waals surface area contributed by atoms with Gasteiger partial charge in [0.25, 0.3) is 0 Å². The molecule has 0 saturated carbocycles. The predicted molar refractivity (Wildman–Crippen MR) is 35.6 cm³/mol. The lowest BCUT2D eigenvalue weighted by Crippen LogP contribution is -1.95. The van der Waals surface area contributed by atoms with Gasteiger partial charge in [-0.25, -0.2) is 0 Å². The van der Waals surface area contributed by atoms with E-state index in [4.69, 9.17) is 5.11 Å². The first-order valence-corrected chi connectivity index (χ1v) is 2.62. The highest BCUT2D eigenvalue weighted by atomic mass is 16.3. The van der Waals surface area contributed by atoms with E-state index < -0.39 is 6.10 Å². The molecule has 0 aromatic rings. The van der Waals surface area contributed by atoms with Gasteiger partial charge in [0.2, 0.25) is 0 Å². The van der Waals surface area contributed by atoms with Gasteiger partial charge in [0.05, 0.1) is 6.10 Å². The monoisotopic (exact) mass is 112 g/mol. The molecule has 0 bridgehead atoms. The summed E-state index contributed by atoms with van der Waals surface area (Å²) >= 11 is 0. The lowest BCUT2D eigenvalue weighted by Gasteiger charge is -1.95. The van der Waals surface area contributed by atoms with Crippen LogP contribution in [0.1, 0.15) is 13.8 Å². The van der Waals surface area contributed by atoms with Crippen LogP contribution >= 0.6 is 0 Å². The Morgan fingerprint density at radius 2 is 2.12 bits per heavy atom. The van der Waals surface area contributed by atoms with Gasteiger partial charge in [0, 0.05) is 0 Å². The van der Waals surface area contributed by atoms with E-state index in [1.54, 1.807) is 6.08 Å². The van der Waals surface area contributed by atoms with Crippen molar-refractivity contribution in [2.45, 2.75) is 20.0 Å². The standard InChI is InChI=1S/C7H12O/c1-4-7(8)5-6(2)3/h4-5,7-8H,1H2,2-3H3/t7-/m0/s1. The molecule has 0 amide bonds. The average molecular weight is 112 g/mol. The summed E-state index contributed by atoms with van der Waals surface area (Å²) < 4.78 is 0. The average Bonchev–Trinajstić information content (AvgIpc) is 1.65. The zero-order valence-corrected chi connectivity index (χ0v) is 5.39. The number of rotatable bonds is 2. The van der Waals surface area contributed by atoms with E-state index in [9.17, 15) is 0 Å². The Balaban J connectivity index is 3.68. The Morgan fingerprint density at radius 1 is 1.62 bits per heavy atom. The molecule has 0 aliphatic carbocycles. The highest BCUT2D eigenvalue weighted by molar-refractivity contribution is 5.03. The molecule has 0 fully saturated rings. The molecule has 8 heavy (non-hydrogen) atoms. The van der Waals surface area contributed by atoms with Crippen LogP contribution in [0.5, 0.6) is 0 Å². The van der Waals surface area contributed by atoms with Crippen molar-refractivity contribution in [3.05, 3.63) is 24.3 Å². The second-order valence-electron chi connectivity index (χ2n) is 1.97. The topological polar surface area (TPSA) is 20.2 Å². The van der Waals surface area contributed by atoms with Gasteiger partial charge in [-0.1, -0.05) is 17.7 Å². The summed E-state index contributed by atoms with van der Waals surface area (Å²) in [5, 5.41) is 8.83. The van der Waals surface area contributed by atoms with Gasteiger partial charge in [-0.15, -0.1) is 6.58 Å². The predicted octanol–water partition coefficient (Wildman–Crippen LogP) is 1.50. The molecule has 0 heterocycles. The van der Waals surface area contributed by atoms with Crippen LogP contribution in [0.2, 0.25) is 0 Å². The van der Waals surface area contributed by atoms with Gasteiger partial charge in [0.15, 0.2) is 0 Å². The van der Waals surface area contributed by atoms with E-state index in [0.717, 1.165) is 5.57 Å². The minimum Gasteiger partial charge on any atom is -0.385 e. The van der Waals surface area contributed by atoms with Gasteiger partial charge < -0.3 is 5.11 Å². The highest BCUT2D eigenvalue weighted by Gasteiger charge is 1.87. The summed E-state index contributed by atoms with van der Waals surface area (Å²) in [6, 6.07) is 0. The maximum Gasteiger partial charge on any atom is 0.0902 e. The molecule has 1 nitrogen and oxygen atoms in total. The van der Waals surface area contributed by atoms with Crippen molar-refractivity contribution >= 4 is 0 Å². The molecule has 0 saturated heterocycles. The van der Waals surface area contributed by atoms with Crippen LogP contribution in [0.3, 0.4) is 0 Å². The Labute approximate surface area is 50.3 Å². The van der Waals surface area contributed by atoms with Crippen LogP contribution in [0.4, 0.5) is 0 Å². The maximum absolute atomic E-state index is 8.83. The first kappa shape index (κ1) is 7.44. The van der Waals surface area contributed by atoms with E-state index in [-0.39, 0.29) is 0 Å². The number of aliphatic hydroxyl groups excluding tert-OH is 1. The van der Waals surface area contributed by atoms with Crippen molar-refractivity contribution in [1.29, 1.82) is 0 Å². The molecule has 46 valence electrons. The third kappa shape index (κ3) is 3.62. The summed E-state index contributed by atoms with van der Waals surface area (Å²) in [7, 11) is 0. The van der Waals surface area contributed by atoms with Crippen LogP contribution < -0.4 is 0 Å². The third-order valence-corrected chi connectivity index (χ3v) is 0.746. The zero-order chi connectivity index (χ0) is 6.57. The Bertz CT molecular complexity index is 99.0. The number of aliphatic hydroxyl groups is 1. The van der Waals surface area contributed by atoms with Crippen molar-refractivity contribution in [2.75, 3.05) is 0 Å². The van der Waals surface area contributed by atoms with E-state index in [0.29, 0.717) is 0 Å². The van der Waals surface area contributed by atoms with Crippen molar-refractivity contribution < 1.29 is 5.11 Å². The van der Waals surface area contributed by atoms with Crippen molar-refractivity contribution in [2.24, 2.45) is 0 Å². The lowest BCUT2D eigenvalue weighted by atomic mass is 10.2. The molecule has 1 heteroatoms. The smallest absolute Gasteiger partial charge is 0.0902 e. The van der Waals surface area contributed by atoms with E-state index in [2.05, 4.69) is 6.58 Å². The van der Waals surface area contributed by atoms with E-state index in [1.807, 2.05) is 13.8 Å². The minimum absolute atomic E-state index is 0.472. The molecule has 0 aliphatic heterocycles. The van der Waals surface area contributed by atoms with Crippen molar-refractivity contribution in [1.82, 2.24) is 0 Å². The molecule has 0 spiro atoms. The lowest BCUT2D eigenvalue weighted by molar-refractivity contribution is 0.271. The Morgan fingerprint density at radius 3 is 2.25 bits per heavy atom. The number of hydrogen-bond donors (Lipinski definition) is 1. The summed E-state index contributed by atoms with van der Waals surface area (Å²) in [6.45, 7) is 7.29. The fourth-order valence-electron chi connectivity index (χ4n) is 0.410. The van der Waals surface area contributed by atoms with Crippen LogP contribution in [-0.4, -0.2) is 11.2 Å². The maximum atomic E-state index is 8.83. The second kappa shape index (κ2) is 3.44. The largest absolute Gasteiger partial charge is 0.385 e. The Hall–Kier alpha value is -0.560. The molecular formula is C7H12O. The third-order valence-electron chi connectivity index (χ3n) is 0.746. The van der Waals surface area contributed by atoms with Gasteiger partial charge in [0.1, 0.15) is 0 Å². The fourth-order valence-corrected chi connectivity index (χ4v) is 0.410. The van der Waals surface area contributed by atoms with Gasteiger partial charge in [-0.2, -0.15) is 0 Å². The summed E-state index contributed by atoms with van der Waals surface area (Å²) in [4.78, 5) is 0. The summed E-state index contributed by atoms with van der Waals surface area (Å²) in [5.74, 6) is 0. The van der Waals surface area contributed by atoms with Crippen molar-refractivity contribution in [3.8, 4) is 0 Å². The van der Waals surface area contributed by atoms with Crippen molar-refractivity contribution in [3.63, 3.8) is 0 Å². The zero-order valence-electron chi connectivity index (χ0n) is 5.39. The van der Waals surface area contributed by atoms with E-state index in [1.165, 1.54) is 6.08 Å². The van der Waals surface area contributed by atoms with Crippen LogP contribution in [0, 0.1) is 0 Å². The van der Waals surface area contributed by atoms with Gasteiger partial charge in [-0.05, 0) is 13.8 Å². The molecule has 0 unspecified atom stereocenters. The second-order valence-corrected chi connectivity index (χ2v) is 1.97. The molecule has 0 aromatic carbocycles. The highest BCUT2D eigenvalue weighted by Crippen LogP contribution is 1.93. The quantitative estimate of drug-likeness (QED) is 0.537. The molecule has 1 atom stereocenters. The molecule has 1 N–H and O–H groups in total. The minimum atomic E-state index is -0.472. The van der Waals surface area contributed by atoms with Crippen LogP contribution in [-0.2, 0) is 0 Å². The fraction of sp³-hybridized carbons (Fsp3) is 0.429. The summed E-state index contributed by atoms with van der Waals surface area (Å²) in [5.41, 5.74) is 1.11. The molecular weight excluding hydrogens is 100 g/mol. The first-order chi connectivity index (χ1) is 3.66. The van der Waals surface area contributed by atoms with Crippen LogP contribution in [0.15, 0.2) is 24.3 Å². The molecule has 0 aromatic heterocycles. The SMILES string of the molecule is C=C[C@H](O)C=C(C)C.